The molecule has 1 aromatic carbocycles. The van der Waals surface area contributed by atoms with E-state index < -0.39 is 0 Å². The average Bonchev–Trinajstić information content (AvgIpc) is 2.66. The summed E-state index contributed by atoms with van der Waals surface area (Å²) in [5.41, 5.74) is 0.533. The molecule has 104 valence electrons. The third-order valence-corrected chi connectivity index (χ3v) is 3.84. The van der Waals surface area contributed by atoms with Crippen LogP contribution in [0.3, 0.4) is 0 Å². The van der Waals surface area contributed by atoms with E-state index in [9.17, 15) is 9.18 Å². The molecule has 0 aromatic heterocycles. The molecule has 0 aliphatic carbocycles. The predicted octanol–water partition coefficient (Wildman–Crippen LogP) is 1.61. The van der Waals surface area contributed by atoms with Gasteiger partial charge in [-0.2, -0.15) is 0 Å². The topological polar surface area (TPSA) is 33.5 Å². The average molecular weight is 265 g/mol. The normalized spacial score (nSPS) is 18.6. The number of nitrogens with one attached hydrogen (secondary N) is 2. The predicted molar refractivity (Wildman–Crippen MR) is 73.7 cm³/mol. The maximum Gasteiger partial charge on any atom is 0.282 e. The Balaban J connectivity index is 1.94. The van der Waals surface area contributed by atoms with Gasteiger partial charge in [-0.05, 0) is 50.8 Å². The Kier molecular flexibility index (Phi) is 4.91. The molecule has 0 radical (unpaired) electrons. The van der Waals surface area contributed by atoms with Crippen LogP contribution in [0.15, 0.2) is 24.3 Å². The Labute approximate surface area is 113 Å². The van der Waals surface area contributed by atoms with Crippen LogP contribution in [-0.2, 0) is 4.79 Å². The Hall–Kier alpha value is -1.42. The van der Waals surface area contributed by atoms with Crippen LogP contribution in [0.4, 0.5) is 10.1 Å². The fraction of sp³-hybridized carbons (Fsp3) is 0.533. The zero-order valence-electron chi connectivity index (χ0n) is 11.4. The van der Waals surface area contributed by atoms with Crippen molar-refractivity contribution < 1.29 is 14.1 Å². The lowest BCUT2D eigenvalue weighted by atomic mass is 10.2. The van der Waals surface area contributed by atoms with E-state index in [1.54, 1.807) is 12.1 Å². The van der Waals surface area contributed by atoms with E-state index >= 15 is 0 Å². The van der Waals surface area contributed by atoms with Gasteiger partial charge in [0.1, 0.15) is 5.82 Å². The summed E-state index contributed by atoms with van der Waals surface area (Å²) in [7, 11) is 0. The van der Waals surface area contributed by atoms with Crippen LogP contribution in [-0.4, -0.2) is 25.0 Å². The Morgan fingerprint density at radius 3 is 2.58 bits per heavy atom. The SMILES string of the molecule is C[C@@H](C(=O)Nc1cccc(F)c1)[NH+]1CCCCCC1. The lowest BCUT2D eigenvalue weighted by molar-refractivity contribution is -0.913. The first kappa shape index (κ1) is 14.0. The van der Waals surface area contributed by atoms with Crippen molar-refractivity contribution >= 4 is 11.6 Å². The van der Waals surface area contributed by atoms with E-state index in [1.807, 2.05) is 6.92 Å². The number of halogens is 1. The molecule has 1 saturated heterocycles. The molecule has 4 heteroatoms. The highest BCUT2D eigenvalue weighted by molar-refractivity contribution is 5.93. The first-order valence-corrected chi connectivity index (χ1v) is 7.08. The van der Waals surface area contributed by atoms with Crippen LogP contribution in [0, 0.1) is 5.82 Å². The molecule has 1 aromatic rings. The maximum atomic E-state index is 13.1. The molecule has 1 heterocycles. The van der Waals surface area contributed by atoms with Crippen molar-refractivity contribution in [2.24, 2.45) is 0 Å². The number of benzene rings is 1. The zero-order chi connectivity index (χ0) is 13.7. The van der Waals surface area contributed by atoms with Crippen molar-refractivity contribution in [2.75, 3.05) is 18.4 Å². The Morgan fingerprint density at radius 1 is 1.26 bits per heavy atom. The molecular weight excluding hydrogens is 243 g/mol. The van der Waals surface area contributed by atoms with Crippen molar-refractivity contribution in [3.8, 4) is 0 Å². The van der Waals surface area contributed by atoms with Crippen molar-refractivity contribution in [2.45, 2.75) is 38.6 Å². The summed E-state index contributed by atoms with van der Waals surface area (Å²) in [4.78, 5) is 13.5. The number of rotatable bonds is 3. The maximum absolute atomic E-state index is 13.1. The molecule has 1 fully saturated rings. The zero-order valence-corrected chi connectivity index (χ0v) is 11.4. The second-order valence-corrected chi connectivity index (χ2v) is 5.29. The number of anilines is 1. The first-order chi connectivity index (χ1) is 9.16. The summed E-state index contributed by atoms with van der Waals surface area (Å²) < 4.78 is 13.1. The van der Waals surface area contributed by atoms with E-state index in [0.717, 1.165) is 13.1 Å². The molecule has 1 aliphatic rings. The fourth-order valence-corrected chi connectivity index (χ4v) is 2.62. The Morgan fingerprint density at radius 2 is 1.95 bits per heavy atom. The number of amides is 1. The minimum Gasteiger partial charge on any atom is -0.325 e. The highest BCUT2D eigenvalue weighted by Crippen LogP contribution is 2.09. The quantitative estimate of drug-likeness (QED) is 0.855. The molecule has 0 saturated carbocycles. The third kappa shape index (κ3) is 4.03. The van der Waals surface area contributed by atoms with Gasteiger partial charge in [0.2, 0.25) is 0 Å². The number of carbonyl (C=O) groups is 1. The second-order valence-electron chi connectivity index (χ2n) is 5.29. The van der Waals surface area contributed by atoms with Crippen molar-refractivity contribution in [1.82, 2.24) is 0 Å². The minimum absolute atomic E-state index is 0.0255. The monoisotopic (exact) mass is 265 g/mol. The fourth-order valence-electron chi connectivity index (χ4n) is 2.62. The molecule has 19 heavy (non-hydrogen) atoms. The van der Waals surface area contributed by atoms with Gasteiger partial charge in [0, 0.05) is 5.69 Å². The molecular formula is C15H22FN2O+. The van der Waals surface area contributed by atoms with Crippen molar-refractivity contribution in [3.05, 3.63) is 30.1 Å². The molecule has 3 nitrogen and oxygen atoms in total. The number of hydrogen-bond donors (Lipinski definition) is 2. The summed E-state index contributed by atoms with van der Waals surface area (Å²) in [6.07, 6.45) is 4.91. The van der Waals surface area contributed by atoms with Gasteiger partial charge in [-0.25, -0.2) is 4.39 Å². The summed E-state index contributed by atoms with van der Waals surface area (Å²) in [5.74, 6) is -0.352. The molecule has 0 bridgehead atoms. The summed E-state index contributed by atoms with van der Waals surface area (Å²) in [6, 6.07) is 5.96. The van der Waals surface area contributed by atoms with Crippen LogP contribution in [0.25, 0.3) is 0 Å². The summed E-state index contributed by atoms with van der Waals surface area (Å²) in [6.45, 7) is 4.06. The molecule has 1 aliphatic heterocycles. The van der Waals surface area contributed by atoms with Crippen molar-refractivity contribution in [1.29, 1.82) is 0 Å². The van der Waals surface area contributed by atoms with E-state index in [2.05, 4.69) is 5.32 Å². The van der Waals surface area contributed by atoms with Crippen molar-refractivity contribution in [3.63, 3.8) is 0 Å². The molecule has 1 atom stereocenters. The molecule has 0 unspecified atom stereocenters. The van der Waals surface area contributed by atoms with E-state index in [4.69, 9.17) is 0 Å². The number of likely N-dealkylation sites (tertiary alicyclic amines) is 1. The highest BCUT2D eigenvalue weighted by atomic mass is 19.1. The highest BCUT2D eigenvalue weighted by Gasteiger charge is 2.25. The lowest BCUT2D eigenvalue weighted by Gasteiger charge is -2.23. The van der Waals surface area contributed by atoms with Crippen LogP contribution < -0.4 is 10.2 Å². The summed E-state index contributed by atoms with van der Waals surface area (Å²) in [5, 5.41) is 2.80. The van der Waals surface area contributed by atoms with Crippen LogP contribution >= 0.6 is 0 Å². The molecule has 2 rings (SSSR count). The largest absolute Gasteiger partial charge is 0.325 e. The van der Waals surface area contributed by atoms with Gasteiger partial charge in [-0.3, -0.25) is 4.79 Å². The molecule has 2 N–H and O–H groups in total. The van der Waals surface area contributed by atoms with Gasteiger partial charge in [-0.15, -0.1) is 0 Å². The van der Waals surface area contributed by atoms with Crippen LogP contribution in [0.2, 0.25) is 0 Å². The van der Waals surface area contributed by atoms with Crippen LogP contribution in [0.5, 0.6) is 0 Å². The van der Waals surface area contributed by atoms with E-state index in [-0.39, 0.29) is 17.8 Å². The van der Waals surface area contributed by atoms with Gasteiger partial charge in [0.15, 0.2) is 6.04 Å². The molecule has 1 amide bonds. The van der Waals surface area contributed by atoms with Gasteiger partial charge < -0.3 is 10.2 Å². The van der Waals surface area contributed by atoms with E-state index in [0.29, 0.717) is 5.69 Å². The first-order valence-electron chi connectivity index (χ1n) is 7.08. The molecule has 0 spiro atoms. The minimum atomic E-state index is -0.326. The standard InChI is InChI=1S/C15H21FN2O/c1-12(18-9-4-2-3-5-10-18)15(19)17-14-8-6-7-13(16)11-14/h6-8,11-12H,2-5,9-10H2,1H3,(H,17,19)/p+1/t12-/m0/s1. The Bertz CT molecular complexity index is 428. The summed E-state index contributed by atoms with van der Waals surface area (Å²) >= 11 is 0. The number of carbonyl (C=O) groups excluding carboxylic acids is 1. The van der Waals surface area contributed by atoms with Gasteiger partial charge in [-0.1, -0.05) is 6.07 Å². The lowest BCUT2D eigenvalue weighted by Crippen LogP contribution is -3.16. The van der Waals surface area contributed by atoms with E-state index in [1.165, 1.54) is 42.7 Å². The second kappa shape index (κ2) is 6.66. The number of quaternary nitrogens is 1. The number of hydrogen-bond acceptors (Lipinski definition) is 1. The smallest absolute Gasteiger partial charge is 0.282 e. The third-order valence-electron chi connectivity index (χ3n) is 3.84. The van der Waals surface area contributed by atoms with Gasteiger partial charge >= 0.3 is 0 Å². The van der Waals surface area contributed by atoms with Crippen LogP contribution in [0.1, 0.15) is 32.6 Å². The van der Waals surface area contributed by atoms with Gasteiger partial charge in [0.25, 0.3) is 5.91 Å². The van der Waals surface area contributed by atoms with Gasteiger partial charge in [0.05, 0.1) is 13.1 Å².